The minimum absolute atomic E-state index is 0.219. The van der Waals surface area contributed by atoms with Gasteiger partial charge in [0.1, 0.15) is 0 Å². The van der Waals surface area contributed by atoms with Gasteiger partial charge in [0.15, 0.2) is 5.69 Å². The first-order valence-electron chi connectivity index (χ1n) is 4.26. The Hall–Kier alpha value is -1.76. The van der Waals surface area contributed by atoms with Gasteiger partial charge in [-0.05, 0) is 6.42 Å². The average Bonchev–Trinajstić information content (AvgIpc) is 2.86. The van der Waals surface area contributed by atoms with Crippen LogP contribution in [0.3, 0.4) is 0 Å². The Balaban J connectivity index is 2.26. The number of rotatable bonds is 3. The lowest BCUT2D eigenvalue weighted by Crippen LogP contribution is -2.08. The maximum atomic E-state index is 5.72. The summed E-state index contributed by atoms with van der Waals surface area (Å²) in [6.07, 6.45) is 2.27. The Bertz CT molecular complexity index is 394. The lowest BCUT2D eigenvalue weighted by molar-refractivity contribution is 0.352. The molecule has 0 aliphatic heterocycles. The molecule has 0 spiro atoms. The third-order valence-electron chi connectivity index (χ3n) is 1.84. The third kappa shape index (κ3) is 1.49. The molecule has 0 aliphatic carbocycles. The van der Waals surface area contributed by atoms with E-state index in [1.54, 1.807) is 0 Å². The fraction of sp³-hybridized carbons (Fsp3) is 0.429. The van der Waals surface area contributed by atoms with Gasteiger partial charge in [0.05, 0.1) is 12.2 Å². The molecule has 0 radical (unpaired) electrons. The van der Waals surface area contributed by atoms with Gasteiger partial charge >= 0.3 is 0 Å². The molecule has 0 fully saturated rings. The van der Waals surface area contributed by atoms with Crippen molar-refractivity contribution in [3.8, 4) is 11.5 Å². The van der Waals surface area contributed by atoms with E-state index in [0.29, 0.717) is 17.4 Å². The van der Waals surface area contributed by atoms with Crippen molar-refractivity contribution in [1.29, 1.82) is 0 Å². The smallest absolute Gasteiger partial charge is 0.243 e. The second-order valence-electron chi connectivity index (χ2n) is 2.83. The molecule has 7 heteroatoms. The van der Waals surface area contributed by atoms with Crippen LogP contribution in [0.2, 0.25) is 0 Å². The van der Waals surface area contributed by atoms with Gasteiger partial charge in [0.2, 0.25) is 11.7 Å². The summed E-state index contributed by atoms with van der Waals surface area (Å²) in [5, 5.41) is 13.7. The fourth-order valence-corrected chi connectivity index (χ4v) is 0.974. The van der Waals surface area contributed by atoms with Crippen molar-refractivity contribution in [2.75, 3.05) is 0 Å². The molecule has 74 valence electrons. The molecular weight excluding hydrogens is 184 g/mol. The fourth-order valence-electron chi connectivity index (χ4n) is 0.974. The van der Waals surface area contributed by atoms with E-state index in [1.165, 1.54) is 6.20 Å². The number of hydrogen-bond donors (Lipinski definition) is 2. The quantitative estimate of drug-likeness (QED) is 0.726. The first kappa shape index (κ1) is 8.82. The lowest BCUT2D eigenvalue weighted by atomic mass is 10.2. The monoisotopic (exact) mass is 194 g/mol. The second-order valence-corrected chi connectivity index (χ2v) is 2.83. The van der Waals surface area contributed by atoms with Crippen LogP contribution in [0.5, 0.6) is 0 Å². The SMILES string of the molecule is CC[C@H](N)c1nc(-c2cn[nH]n2)no1. The van der Waals surface area contributed by atoms with Crippen molar-refractivity contribution < 1.29 is 4.52 Å². The van der Waals surface area contributed by atoms with E-state index < -0.39 is 0 Å². The zero-order valence-corrected chi connectivity index (χ0v) is 7.64. The van der Waals surface area contributed by atoms with Crippen molar-refractivity contribution >= 4 is 0 Å². The van der Waals surface area contributed by atoms with E-state index >= 15 is 0 Å². The van der Waals surface area contributed by atoms with Gasteiger partial charge in [-0.25, -0.2) is 0 Å². The minimum atomic E-state index is -0.219. The molecule has 1 atom stereocenters. The highest BCUT2D eigenvalue weighted by Crippen LogP contribution is 2.15. The van der Waals surface area contributed by atoms with Crippen molar-refractivity contribution in [2.45, 2.75) is 19.4 Å². The minimum Gasteiger partial charge on any atom is -0.337 e. The maximum Gasteiger partial charge on any atom is 0.243 e. The Kier molecular flexibility index (Phi) is 2.23. The molecule has 2 rings (SSSR count). The molecular formula is C7H10N6O. The van der Waals surface area contributed by atoms with E-state index in [-0.39, 0.29) is 6.04 Å². The zero-order chi connectivity index (χ0) is 9.97. The topological polar surface area (TPSA) is 107 Å². The molecule has 0 saturated carbocycles. The van der Waals surface area contributed by atoms with Gasteiger partial charge in [0.25, 0.3) is 0 Å². The number of nitrogens with one attached hydrogen (secondary N) is 1. The summed E-state index contributed by atoms with van der Waals surface area (Å²) in [6.45, 7) is 1.95. The number of nitrogens with two attached hydrogens (primary N) is 1. The molecule has 2 heterocycles. The molecule has 0 aliphatic rings. The summed E-state index contributed by atoms with van der Waals surface area (Å²) in [5.41, 5.74) is 6.27. The van der Waals surface area contributed by atoms with Crippen LogP contribution in [-0.2, 0) is 0 Å². The molecule has 3 N–H and O–H groups in total. The van der Waals surface area contributed by atoms with Gasteiger partial charge in [-0.3, -0.25) is 0 Å². The lowest BCUT2D eigenvalue weighted by Gasteiger charge is -1.98. The predicted molar refractivity (Wildman–Crippen MR) is 46.9 cm³/mol. The summed E-state index contributed by atoms with van der Waals surface area (Å²) in [5.74, 6) is 0.822. The van der Waals surface area contributed by atoms with Gasteiger partial charge in [-0.15, -0.1) is 0 Å². The van der Waals surface area contributed by atoms with Crippen LogP contribution in [0.15, 0.2) is 10.7 Å². The number of aromatic amines is 1. The van der Waals surface area contributed by atoms with Gasteiger partial charge in [0, 0.05) is 0 Å². The summed E-state index contributed by atoms with van der Waals surface area (Å²) in [4.78, 5) is 4.10. The Morgan fingerprint density at radius 1 is 1.64 bits per heavy atom. The molecule has 0 amide bonds. The van der Waals surface area contributed by atoms with E-state index in [0.717, 1.165) is 6.42 Å². The summed E-state index contributed by atoms with van der Waals surface area (Å²) < 4.78 is 4.97. The first-order valence-corrected chi connectivity index (χ1v) is 4.26. The molecule has 0 saturated heterocycles. The predicted octanol–water partition coefficient (Wildman–Crippen LogP) is 0.264. The molecule has 2 aromatic heterocycles. The van der Waals surface area contributed by atoms with Gasteiger partial charge in [-0.1, -0.05) is 12.1 Å². The number of aromatic nitrogens is 5. The van der Waals surface area contributed by atoms with E-state index in [2.05, 4.69) is 25.6 Å². The van der Waals surface area contributed by atoms with Crippen LogP contribution in [0, 0.1) is 0 Å². The third-order valence-corrected chi connectivity index (χ3v) is 1.84. The van der Waals surface area contributed by atoms with Crippen molar-refractivity contribution in [2.24, 2.45) is 5.73 Å². The molecule has 7 nitrogen and oxygen atoms in total. The highest BCUT2D eigenvalue weighted by molar-refractivity contribution is 5.44. The largest absolute Gasteiger partial charge is 0.337 e. The standard InChI is InChI=1S/C7H10N6O/c1-2-4(8)7-10-6(12-14-7)5-3-9-13-11-5/h3-4H,2,8H2,1H3,(H,9,11,13)/t4-/m0/s1. The summed E-state index contributed by atoms with van der Waals surface area (Å²) >= 11 is 0. The number of nitrogens with zero attached hydrogens (tertiary/aromatic N) is 4. The molecule has 0 unspecified atom stereocenters. The van der Waals surface area contributed by atoms with Crippen LogP contribution in [0.4, 0.5) is 0 Å². The zero-order valence-electron chi connectivity index (χ0n) is 7.64. The maximum absolute atomic E-state index is 5.72. The van der Waals surface area contributed by atoms with Crippen molar-refractivity contribution in [3.05, 3.63) is 12.1 Å². The highest BCUT2D eigenvalue weighted by Gasteiger charge is 2.14. The summed E-state index contributed by atoms with van der Waals surface area (Å²) in [7, 11) is 0. The van der Waals surface area contributed by atoms with Gasteiger partial charge < -0.3 is 10.3 Å². The number of H-pyrrole nitrogens is 1. The Morgan fingerprint density at radius 2 is 2.50 bits per heavy atom. The van der Waals surface area contributed by atoms with Crippen LogP contribution in [0.25, 0.3) is 11.5 Å². The molecule has 14 heavy (non-hydrogen) atoms. The number of hydrogen-bond acceptors (Lipinski definition) is 6. The Labute approximate surface area is 79.7 Å². The molecule has 0 bridgehead atoms. The molecule has 2 aromatic rings. The Morgan fingerprint density at radius 3 is 3.14 bits per heavy atom. The van der Waals surface area contributed by atoms with Crippen molar-refractivity contribution in [1.82, 2.24) is 25.6 Å². The van der Waals surface area contributed by atoms with Crippen LogP contribution in [0.1, 0.15) is 25.3 Å². The second kappa shape index (κ2) is 3.54. The normalized spacial score (nSPS) is 13.0. The van der Waals surface area contributed by atoms with E-state index in [9.17, 15) is 0 Å². The van der Waals surface area contributed by atoms with Crippen LogP contribution in [-0.4, -0.2) is 25.6 Å². The first-order chi connectivity index (χ1) is 6.81. The average molecular weight is 194 g/mol. The van der Waals surface area contributed by atoms with Crippen molar-refractivity contribution in [3.63, 3.8) is 0 Å². The van der Waals surface area contributed by atoms with E-state index in [4.69, 9.17) is 10.3 Å². The van der Waals surface area contributed by atoms with Crippen LogP contribution < -0.4 is 5.73 Å². The highest BCUT2D eigenvalue weighted by atomic mass is 16.5. The molecule has 0 aromatic carbocycles. The van der Waals surface area contributed by atoms with E-state index in [1.807, 2.05) is 6.92 Å². The van der Waals surface area contributed by atoms with Crippen LogP contribution >= 0.6 is 0 Å². The van der Waals surface area contributed by atoms with Gasteiger partial charge in [-0.2, -0.15) is 20.4 Å². The summed E-state index contributed by atoms with van der Waals surface area (Å²) in [6, 6.07) is -0.219.